The van der Waals surface area contributed by atoms with Crippen molar-refractivity contribution in [2.24, 2.45) is 0 Å². The predicted octanol–water partition coefficient (Wildman–Crippen LogP) is 4.77. The molecule has 0 aliphatic carbocycles. The zero-order valence-corrected chi connectivity index (χ0v) is 28.0. The molecule has 0 unspecified atom stereocenters. The van der Waals surface area contributed by atoms with Crippen LogP contribution in [0.3, 0.4) is 0 Å². The third kappa shape index (κ3) is 12.9. The number of nitrogens with zero attached hydrogens (tertiary/aromatic N) is 2. The van der Waals surface area contributed by atoms with Crippen molar-refractivity contribution in [3.05, 3.63) is 72.8 Å². The Hall–Kier alpha value is -3.62. The van der Waals surface area contributed by atoms with Gasteiger partial charge in [-0.15, -0.1) is 13.2 Å². The highest BCUT2D eigenvalue weighted by Gasteiger charge is 2.22. The molecule has 2 amide bonds. The number of allylic oxidation sites excluding steroid dienone is 2. The maximum atomic E-state index is 12.3. The van der Waals surface area contributed by atoms with Crippen LogP contribution in [-0.2, 0) is 22.4 Å². The van der Waals surface area contributed by atoms with Gasteiger partial charge in [0.25, 0.3) is 11.8 Å². The summed E-state index contributed by atoms with van der Waals surface area (Å²) < 4.78 is 13.7. The molecule has 8 heteroatoms. The van der Waals surface area contributed by atoms with Gasteiger partial charge in [0.2, 0.25) is 0 Å². The predicted molar refractivity (Wildman–Crippen MR) is 181 cm³/mol. The second-order valence-electron chi connectivity index (χ2n) is 12.7. The fraction of sp³-hybridized carbons (Fsp3) is 0.500. The number of benzene rings is 2. The molecule has 8 nitrogen and oxygen atoms in total. The molecule has 0 fully saturated rings. The lowest BCUT2D eigenvalue weighted by Gasteiger charge is -2.29. The van der Waals surface area contributed by atoms with Crippen molar-refractivity contribution >= 4 is 11.8 Å². The Morgan fingerprint density at radius 2 is 1.27 bits per heavy atom. The molecule has 0 radical (unpaired) electrons. The topological polar surface area (TPSA) is 76.7 Å². The molecule has 0 aliphatic rings. The number of hydrogen-bond donors (Lipinski definition) is 2. The minimum absolute atomic E-state index is 0.0587. The molecule has 0 bridgehead atoms. The van der Waals surface area contributed by atoms with Gasteiger partial charge in [0.05, 0.1) is 28.2 Å². The largest absolute Gasteiger partial charge is 0.487 e. The van der Waals surface area contributed by atoms with Crippen LogP contribution in [0.4, 0.5) is 0 Å². The quantitative estimate of drug-likeness (QED) is 0.158. The Bertz CT molecular complexity index is 1240. The average Bonchev–Trinajstić information content (AvgIpc) is 2.96. The van der Waals surface area contributed by atoms with Gasteiger partial charge in [-0.2, -0.15) is 0 Å². The SMILES string of the molecule is C=CCc1ccc(OCC[N+](C)(C)CC(=O)NCCC)c(-c2ccc(OCC[N+](C)(C)CC(=O)NCCC)c(CC=C)c2)c1. The lowest BCUT2D eigenvalue weighted by molar-refractivity contribution is -0.882. The number of ether oxygens (including phenoxy) is 2. The Kier molecular flexibility index (Phi) is 15.2. The van der Waals surface area contributed by atoms with Crippen molar-refractivity contribution in [2.75, 3.05) is 80.7 Å². The van der Waals surface area contributed by atoms with Gasteiger partial charge in [0, 0.05) is 18.7 Å². The van der Waals surface area contributed by atoms with Gasteiger partial charge in [-0.25, -0.2) is 0 Å². The molecule has 0 aliphatic heterocycles. The molecule has 0 atom stereocenters. The van der Waals surface area contributed by atoms with E-state index in [-0.39, 0.29) is 11.8 Å². The van der Waals surface area contributed by atoms with Gasteiger partial charge in [-0.05, 0) is 66.6 Å². The molecule has 242 valence electrons. The number of amides is 2. The van der Waals surface area contributed by atoms with Crippen LogP contribution in [0.1, 0.15) is 37.8 Å². The number of carbonyl (C=O) groups is 2. The molecule has 0 spiro atoms. The van der Waals surface area contributed by atoms with Crippen LogP contribution < -0.4 is 20.1 Å². The van der Waals surface area contributed by atoms with E-state index in [4.69, 9.17) is 9.47 Å². The average molecular weight is 609 g/mol. The number of hydrogen-bond acceptors (Lipinski definition) is 4. The van der Waals surface area contributed by atoms with E-state index < -0.39 is 0 Å². The Morgan fingerprint density at radius 1 is 0.750 bits per heavy atom. The lowest BCUT2D eigenvalue weighted by Crippen LogP contribution is -2.49. The van der Waals surface area contributed by atoms with Gasteiger partial charge >= 0.3 is 0 Å². The van der Waals surface area contributed by atoms with E-state index in [1.807, 2.05) is 66.3 Å². The number of carbonyl (C=O) groups excluding carboxylic acids is 2. The normalized spacial score (nSPS) is 11.5. The van der Waals surface area contributed by atoms with Gasteiger partial charge in [0.15, 0.2) is 13.1 Å². The van der Waals surface area contributed by atoms with Crippen LogP contribution in [-0.4, -0.2) is 101 Å². The summed E-state index contributed by atoms with van der Waals surface area (Å²) in [5.74, 6) is 1.73. The Labute approximate surface area is 265 Å². The zero-order valence-electron chi connectivity index (χ0n) is 28.0. The highest BCUT2D eigenvalue weighted by molar-refractivity contribution is 5.77. The molecule has 2 aromatic rings. The van der Waals surface area contributed by atoms with E-state index in [1.165, 1.54) is 0 Å². The van der Waals surface area contributed by atoms with E-state index in [2.05, 4.69) is 48.1 Å². The van der Waals surface area contributed by atoms with Crippen LogP contribution in [0.2, 0.25) is 0 Å². The summed E-state index contributed by atoms with van der Waals surface area (Å²) in [6, 6.07) is 12.5. The summed E-state index contributed by atoms with van der Waals surface area (Å²) in [6.07, 6.45) is 7.05. The minimum Gasteiger partial charge on any atom is -0.487 e. The maximum absolute atomic E-state index is 12.3. The highest BCUT2D eigenvalue weighted by atomic mass is 16.5. The third-order valence-electron chi connectivity index (χ3n) is 7.36. The summed E-state index contributed by atoms with van der Waals surface area (Å²) in [4.78, 5) is 24.5. The van der Waals surface area contributed by atoms with Crippen LogP contribution in [0.25, 0.3) is 11.1 Å². The van der Waals surface area contributed by atoms with Gasteiger partial charge in [0.1, 0.15) is 37.8 Å². The monoisotopic (exact) mass is 608 g/mol. The van der Waals surface area contributed by atoms with Crippen LogP contribution in [0, 0.1) is 0 Å². The second-order valence-corrected chi connectivity index (χ2v) is 12.7. The first-order chi connectivity index (χ1) is 20.9. The molecule has 0 saturated carbocycles. The van der Waals surface area contributed by atoms with Gasteiger partial charge in [-0.1, -0.05) is 38.1 Å². The molecule has 0 heterocycles. The molecule has 44 heavy (non-hydrogen) atoms. The van der Waals surface area contributed by atoms with E-state index in [0.29, 0.717) is 67.9 Å². The first kappa shape index (κ1) is 36.6. The summed E-state index contributed by atoms with van der Waals surface area (Å²) in [7, 11) is 8.18. The summed E-state index contributed by atoms with van der Waals surface area (Å²) in [6.45, 7) is 16.5. The van der Waals surface area contributed by atoms with Gasteiger partial charge in [-0.3, -0.25) is 9.59 Å². The first-order valence-corrected chi connectivity index (χ1v) is 15.8. The van der Waals surface area contributed by atoms with Gasteiger partial charge < -0.3 is 29.1 Å². The minimum atomic E-state index is 0.0587. The third-order valence-corrected chi connectivity index (χ3v) is 7.36. The Balaban J connectivity index is 2.19. The molecule has 2 rings (SSSR count). The summed E-state index contributed by atoms with van der Waals surface area (Å²) in [5, 5.41) is 5.92. The van der Waals surface area contributed by atoms with Crippen LogP contribution in [0.15, 0.2) is 61.7 Å². The molecule has 2 aromatic carbocycles. The van der Waals surface area contributed by atoms with E-state index in [9.17, 15) is 9.59 Å². The second kappa shape index (κ2) is 18.2. The smallest absolute Gasteiger partial charge is 0.275 e. The van der Waals surface area contributed by atoms with Crippen molar-refractivity contribution in [3.63, 3.8) is 0 Å². The van der Waals surface area contributed by atoms with E-state index in [1.54, 1.807) is 0 Å². The van der Waals surface area contributed by atoms with E-state index >= 15 is 0 Å². The summed E-state index contributed by atoms with van der Waals surface area (Å²) >= 11 is 0. The number of rotatable bonds is 21. The van der Waals surface area contributed by atoms with Crippen molar-refractivity contribution in [3.8, 4) is 22.6 Å². The molecular weight excluding hydrogens is 552 g/mol. The van der Waals surface area contributed by atoms with Crippen molar-refractivity contribution in [2.45, 2.75) is 39.5 Å². The summed E-state index contributed by atoms with van der Waals surface area (Å²) in [5.41, 5.74) is 4.23. The zero-order chi connectivity index (χ0) is 32.6. The van der Waals surface area contributed by atoms with Crippen molar-refractivity contribution < 1.29 is 28.0 Å². The standard InChI is InChI=1S/C36H54N4O4/c1-9-13-29-15-17-34(44-24-22-40(7,8)28-36(42)38-20-12-4)32(25-29)30-16-18-33(31(26-30)14-10-2)43-23-21-39(5,6)27-35(41)37-19-11-3/h9-10,15-18,25-26H,1-2,11-14,19-24,27-28H2,3-8H3/p+2. The number of quaternary nitrogens is 2. The fourth-order valence-electron chi connectivity index (χ4n) is 4.81. The molecule has 0 saturated heterocycles. The number of likely N-dealkylation sites (N-methyl/N-ethyl adjacent to an activating group) is 2. The van der Waals surface area contributed by atoms with Crippen LogP contribution >= 0.6 is 0 Å². The van der Waals surface area contributed by atoms with E-state index in [0.717, 1.165) is 53.0 Å². The first-order valence-electron chi connectivity index (χ1n) is 15.8. The molecular formula is C36H56N4O4+2. The van der Waals surface area contributed by atoms with Crippen molar-refractivity contribution in [1.29, 1.82) is 0 Å². The van der Waals surface area contributed by atoms with Crippen LogP contribution in [0.5, 0.6) is 11.5 Å². The highest BCUT2D eigenvalue weighted by Crippen LogP contribution is 2.35. The fourth-order valence-corrected chi connectivity index (χ4v) is 4.81. The molecule has 0 aromatic heterocycles. The number of nitrogens with one attached hydrogen (secondary N) is 2. The lowest BCUT2D eigenvalue weighted by atomic mass is 9.97. The van der Waals surface area contributed by atoms with Crippen molar-refractivity contribution in [1.82, 2.24) is 10.6 Å². The Morgan fingerprint density at radius 3 is 1.80 bits per heavy atom. The maximum Gasteiger partial charge on any atom is 0.275 e. The molecule has 2 N–H and O–H groups in total.